The number of nitrogens with one attached hydrogen (secondary N) is 2. The molecule has 0 aliphatic heterocycles. The molecule has 0 bridgehead atoms. The predicted octanol–water partition coefficient (Wildman–Crippen LogP) is 2.68. The van der Waals surface area contributed by atoms with Gasteiger partial charge in [0, 0.05) is 17.8 Å². The number of pyridine rings is 1. The number of nitrogens with zero attached hydrogens (tertiary/aromatic N) is 2. The lowest BCUT2D eigenvalue weighted by Crippen LogP contribution is -2.13. The van der Waals surface area contributed by atoms with Crippen molar-refractivity contribution in [3.05, 3.63) is 60.3 Å². The standard InChI is InChI=1S/C18H18N4O4S/c1-2-10-26-16-12-15(21-22-16)20-18(23)13-6-5-7-14(11-13)27(24,25)17-8-3-4-9-19-17/h3-9,11-12H,2,10H2,1H3,(H2,20,21,22,23). The van der Waals surface area contributed by atoms with Crippen LogP contribution in [0.4, 0.5) is 5.82 Å². The molecule has 2 aromatic heterocycles. The summed E-state index contributed by atoms with van der Waals surface area (Å²) in [5.41, 5.74) is 0.192. The van der Waals surface area contributed by atoms with Gasteiger partial charge in [-0.25, -0.2) is 13.4 Å². The third kappa shape index (κ3) is 4.32. The number of carbonyl (C=O) groups is 1. The van der Waals surface area contributed by atoms with Crippen molar-refractivity contribution in [1.29, 1.82) is 0 Å². The Balaban J connectivity index is 1.79. The minimum absolute atomic E-state index is 0.00886. The molecule has 0 radical (unpaired) electrons. The van der Waals surface area contributed by atoms with Crippen LogP contribution in [0, 0.1) is 0 Å². The van der Waals surface area contributed by atoms with Crippen LogP contribution in [-0.4, -0.2) is 36.1 Å². The molecule has 0 aliphatic rings. The number of rotatable bonds is 7. The van der Waals surface area contributed by atoms with E-state index in [-0.39, 0.29) is 15.5 Å². The van der Waals surface area contributed by atoms with Crippen LogP contribution in [0.5, 0.6) is 5.88 Å². The smallest absolute Gasteiger partial charge is 0.256 e. The third-order valence-corrected chi connectivity index (χ3v) is 5.24. The molecule has 1 amide bonds. The fourth-order valence-corrected chi connectivity index (χ4v) is 3.51. The highest BCUT2D eigenvalue weighted by atomic mass is 32.2. The van der Waals surface area contributed by atoms with E-state index in [1.165, 1.54) is 36.5 Å². The highest BCUT2D eigenvalue weighted by Crippen LogP contribution is 2.20. The van der Waals surface area contributed by atoms with Crippen molar-refractivity contribution in [2.75, 3.05) is 11.9 Å². The maximum absolute atomic E-state index is 12.6. The van der Waals surface area contributed by atoms with E-state index in [1.54, 1.807) is 18.2 Å². The maximum Gasteiger partial charge on any atom is 0.256 e. The molecule has 3 aromatic rings. The first kappa shape index (κ1) is 18.6. The van der Waals surface area contributed by atoms with E-state index in [0.717, 1.165) is 6.42 Å². The van der Waals surface area contributed by atoms with Gasteiger partial charge < -0.3 is 10.1 Å². The Labute approximate surface area is 156 Å². The van der Waals surface area contributed by atoms with Gasteiger partial charge in [0.25, 0.3) is 5.91 Å². The lowest BCUT2D eigenvalue weighted by atomic mass is 10.2. The molecule has 0 fully saturated rings. The first-order valence-corrected chi connectivity index (χ1v) is 9.75. The van der Waals surface area contributed by atoms with Gasteiger partial charge in [0.1, 0.15) is 5.82 Å². The lowest BCUT2D eigenvalue weighted by Gasteiger charge is -2.06. The number of H-pyrrole nitrogens is 1. The van der Waals surface area contributed by atoms with Gasteiger partial charge >= 0.3 is 0 Å². The summed E-state index contributed by atoms with van der Waals surface area (Å²) in [5.74, 6) is 0.251. The summed E-state index contributed by atoms with van der Waals surface area (Å²) in [7, 11) is -3.81. The Hall–Kier alpha value is -3.20. The molecule has 140 valence electrons. The minimum Gasteiger partial charge on any atom is -0.477 e. The van der Waals surface area contributed by atoms with Crippen molar-refractivity contribution in [3.63, 3.8) is 0 Å². The van der Waals surface area contributed by atoms with Crippen LogP contribution in [0.3, 0.4) is 0 Å². The molecular weight excluding hydrogens is 368 g/mol. The van der Waals surface area contributed by atoms with E-state index >= 15 is 0 Å². The highest BCUT2D eigenvalue weighted by Gasteiger charge is 2.20. The normalized spacial score (nSPS) is 11.1. The van der Waals surface area contributed by atoms with Crippen molar-refractivity contribution >= 4 is 21.6 Å². The fourth-order valence-electron chi connectivity index (χ4n) is 2.27. The molecule has 0 atom stereocenters. The second-order valence-electron chi connectivity index (χ2n) is 5.62. The number of benzene rings is 1. The first-order chi connectivity index (χ1) is 13.0. The molecule has 3 rings (SSSR count). The minimum atomic E-state index is -3.81. The van der Waals surface area contributed by atoms with Crippen LogP contribution >= 0.6 is 0 Å². The molecule has 0 unspecified atom stereocenters. The van der Waals surface area contributed by atoms with Crippen molar-refractivity contribution in [2.24, 2.45) is 0 Å². The van der Waals surface area contributed by atoms with E-state index in [0.29, 0.717) is 18.3 Å². The summed E-state index contributed by atoms with van der Waals surface area (Å²) < 4.78 is 30.6. The first-order valence-electron chi connectivity index (χ1n) is 8.26. The Morgan fingerprint density at radius 1 is 1.19 bits per heavy atom. The summed E-state index contributed by atoms with van der Waals surface area (Å²) in [6.45, 7) is 2.49. The zero-order chi connectivity index (χ0) is 19.3. The molecule has 0 saturated heterocycles. The van der Waals surface area contributed by atoms with Gasteiger partial charge in [-0.3, -0.25) is 9.89 Å². The number of anilines is 1. The van der Waals surface area contributed by atoms with E-state index in [4.69, 9.17) is 4.74 Å². The van der Waals surface area contributed by atoms with Crippen molar-refractivity contribution in [1.82, 2.24) is 15.2 Å². The van der Waals surface area contributed by atoms with Gasteiger partial charge in [-0.2, -0.15) is 0 Å². The molecule has 0 spiro atoms. The van der Waals surface area contributed by atoms with Crippen LogP contribution in [0.1, 0.15) is 23.7 Å². The summed E-state index contributed by atoms with van der Waals surface area (Å²) in [6.07, 6.45) is 2.24. The van der Waals surface area contributed by atoms with E-state index in [1.807, 2.05) is 6.92 Å². The number of hydrogen-bond donors (Lipinski definition) is 2. The molecule has 8 nitrogen and oxygen atoms in total. The van der Waals surface area contributed by atoms with Crippen LogP contribution < -0.4 is 10.1 Å². The quantitative estimate of drug-likeness (QED) is 0.645. The summed E-state index contributed by atoms with van der Waals surface area (Å²) >= 11 is 0. The number of ether oxygens (including phenoxy) is 1. The Morgan fingerprint density at radius 3 is 2.78 bits per heavy atom. The Kier molecular flexibility index (Phi) is 5.51. The second-order valence-corrected chi connectivity index (χ2v) is 7.52. The molecule has 2 N–H and O–H groups in total. The SMILES string of the molecule is CCCOc1cc(NC(=O)c2cccc(S(=O)(=O)c3ccccn3)c2)[nH]n1. The van der Waals surface area contributed by atoms with E-state index < -0.39 is 15.7 Å². The molecule has 27 heavy (non-hydrogen) atoms. The van der Waals surface area contributed by atoms with Crippen LogP contribution in [-0.2, 0) is 9.84 Å². The number of sulfone groups is 1. The van der Waals surface area contributed by atoms with Crippen LogP contribution in [0.15, 0.2) is 64.6 Å². The van der Waals surface area contributed by atoms with Gasteiger partial charge in [0.15, 0.2) is 5.03 Å². The second kappa shape index (κ2) is 8.00. The maximum atomic E-state index is 12.6. The Bertz CT molecular complexity index is 1030. The number of aromatic amines is 1. The Morgan fingerprint density at radius 2 is 2.04 bits per heavy atom. The summed E-state index contributed by atoms with van der Waals surface area (Å²) in [6, 6.07) is 12.0. The van der Waals surface area contributed by atoms with Gasteiger partial charge in [-0.15, -0.1) is 5.10 Å². The topological polar surface area (TPSA) is 114 Å². The van der Waals surface area contributed by atoms with Crippen molar-refractivity contribution < 1.29 is 17.9 Å². The number of hydrogen-bond acceptors (Lipinski definition) is 6. The summed E-state index contributed by atoms with van der Waals surface area (Å²) in [5, 5.41) is 9.13. The van der Waals surface area contributed by atoms with Gasteiger partial charge in [-0.05, 0) is 36.8 Å². The van der Waals surface area contributed by atoms with Gasteiger partial charge in [-0.1, -0.05) is 19.1 Å². The highest BCUT2D eigenvalue weighted by molar-refractivity contribution is 7.91. The van der Waals surface area contributed by atoms with Gasteiger partial charge in [0.05, 0.1) is 11.5 Å². The third-order valence-electron chi connectivity index (χ3n) is 3.58. The molecule has 1 aromatic carbocycles. The zero-order valence-electron chi connectivity index (χ0n) is 14.5. The molecular formula is C18H18N4O4S. The van der Waals surface area contributed by atoms with Crippen LogP contribution in [0.25, 0.3) is 0 Å². The monoisotopic (exact) mass is 386 g/mol. The molecule has 0 aliphatic carbocycles. The largest absolute Gasteiger partial charge is 0.477 e. The fraction of sp³-hybridized carbons (Fsp3) is 0.167. The average molecular weight is 386 g/mol. The number of aromatic nitrogens is 3. The van der Waals surface area contributed by atoms with Crippen LogP contribution in [0.2, 0.25) is 0 Å². The van der Waals surface area contributed by atoms with Gasteiger partial charge in [0.2, 0.25) is 15.7 Å². The summed E-state index contributed by atoms with van der Waals surface area (Å²) in [4.78, 5) is 16.3. The molecule has 0 saturated carbocycles. The number of amides is 1. The van der Waals surface area contributed by atoms with E-state index in [2.05, 4.69) is 20.5 Å². The molecule has 2 heterocycles. The number of carbonyl (C=O) groups excluding carboxylic acids is 1. The zero-order valence-corrected chi connectivity index (χ0v) is 15.4. The average Bonchev–Trinajstić information content (AvgIpc) is 3.14. The lowest BCUT2D eigenvalue weighted by molar-refractivity contribution is 0.102. The van der Waals surface area contributed by atoms with E-state index in [9.17, 15) is 13.2 Å². The van der Waals surface area contributed by atoms with Crippen molar-refractivity contribution in [2.45, 2.75) is 23.3 Å². The van der Waals surface area contributed by atoms with Crippen molar-refractivity contribution in [3.8, 4) is 5.88 Å². The predicted molar refractivity (Wildman–Crippen MR) is 98.5 cm³/mol. The molecule has 9 heteroatoms.